The van der Waals surface area contributed by atoms with Gasteiger partial charge in [-0.1, -0.05) is 35.9 Å². The fourth-order valence-electron chi connectivity index (χ4n) is 5.08. The lowest BCUT2D eigenvalue weighted by atomic mass is 10.1. The van der Waals surface area contributed by atoms with Gasteiger partial charge in [-0.15, -0.1) is 11.6 Å². The number of aromatic carboxylic acids is 1. The molecule has 5 aromatic rings. The van der Waals surface area contributed by atoms with Gasteiger partial charge in [-0.05, 0) is 55.0 Å². The number of aryl methyl sites for hydroxylation is 1. The normalized spacial score (nSPS) is 13.3. The molecular weight excluding hydrogens is 589 g/mol. The van der Waals surface area contributed by atoms with Crippen molar-refractivity contribution in [2.75, 3.05) is 19.5 Å². The number of para-hydroxylation sites is 1. The van der Waals surface area contributed by atoms with Crippen LogP contribution in [0.25, 0.3) is 11.0 Å². The fourth-order valence-corrected chi connectivity index (χ4v) is 5.27. The Labute approximate surface area is 260 Å². The number of ether oxygens (including phenoxy) is 2. The maximum atomic E-state index is 11.7. The maximum absolute atomic E-state index is 11.7. The molecule has 9 nitrogen and oxygen atoms in total. The Hall–Kier alpha value is -4.05. The Bertz CT molecular complexity index is 1700. The highest BCUT2D eigenvalue weighted by atomic mass is 35.5. The van der Waals surface area contributed by atoms with Gasteiger partial charge in [-0.2, -0.15) is 0 Å². The number of rotatable bonds is 11. The number of carbonyl (C=O) groups is 1. The zero-order valence-corrected chi connectivity index (χ0v) is 25.5. The van der Waals surface area contributed by atoms with Crippen LogP contribution in [0.3, 0.4) is 0 Å². The SMILES string of the molecule is CCl.CCn1cncc1Cn1c(CN2CC(Oc3cccc(COc4ccccc4Cl)c3)C2)nc2ccc(C(=O)O)cc21. The van der Waals surface area contributed by atoms with Crippen molar-refractivity contribution in [2.24, 2.45) is 0 Å². The number of likely N-dealkylation sites (tertiary alicyclic amines) is 1. The predicted molar refractivity (Wildman–Crippen MR) is 167 cm³/mol. The van der Waals surface area contributed by atoms with Crippen molar-refractivity contribution in [3.63, 3.8) is 0 Å². The molecule has 2 aromatic heterocycles. The van der Waals surface area contributed by atoms with Gasteiger partial charge in [-0.3, -0.25) is 4.90 Å². The third kappa shape index (κ3) is 7.13. The van der Waals surface area contributed by atoms with Gasteiger partial charge in [-0.25, -0.2) is 14.8 Å². The van der Waals surface area contributed by atoms with Crippen LogP contribution in [-0.4, -0.2) is 60.7 Å². The van der Waals surface area contributed by atoms with E-state index in [9.17, 15) is 9.90 Å². The van der Waals surface area contributed by atoms with E-state index in [0.29, 0.717) is 30.5 Å². The Balaban J connectivity index is 0.00000180. The molecule has 0 saturated carbocycles. The van der Waals surface area contributed by atoms with Crippen molar-refractivity contribution < 1.29 is 19.4 Å². The summed E-state index contributed by atoms with van der Waals surface area (Å²) < 4.78 is 16.3. The molecule has 0 spiro atoms. The van der Waals surface area contributed by atoms with Gasteiger partial charge in [0.1, 0.15) is 30.0 Å². The molecule has 0 radical (unpaired) electrons. The smallest absolute Gasteiger partial charge is 0.335 e. The number of fused-ring (bicyclic) bond motifs is 1. The minimum atomic E-state index is -0.956. The van der Waals surface area contributed by atoms with Crippen LogP contribution in [-0.2, 0) is 26.2 Å². The fraction of sp³-hybridized carbons (Fsp3) is 0.281. The highest BCUT2D eigenvalue weighted by Crippen LogP contribution is 2.27. The minimum absolute atomic E-state index is 0.0627. The number of hydrogen-bond donors (Lipinski definition) is 1. The van der Waals surface area contributed by atoms with E-state index < -0.39 is 5.97 Å². The summed E-state index contributed by atoms with van der Waals surface area (Å²) in [6, 6.07) is 20.4. The molecule has 0 atom stereocenters. The van der Waals surface area contributed by atoms with Crippen LogP contribution in [0.2, 0.25) is 5.02 Å². The molecule has 11 heteroatoms. The van der Waals surface area contributed by atoms with Crippen LogP contribution in [0, 0.1) is 0 Å². The number of benzene rings is 3. The van der Waals surface area contributed by atoms with Crippen molar-refractivity contribution in [1.82, 2.24) is 24.0 Å². The average molecular weight is 623 g/mol. The summed E-state index contributed by atoms with van der Waals surface area (Å²) in [6.45, 7) is 5.98. The standard InChI is InChI=1S/C31H30ClN5O4.CH3Cl/c1-2-36-20-33-14-23(36)15-37-28-13-22(31(38)39)10-11-27(28)34-30(37)18-35-16-25(17-35)41-24-7-5-6-21(12-24)19-40-29-9-4-3-8-26(29)32;1-2/h3-14,20,25H,2,15-19H2,1H3,(H,38,39);1H3. The highest BCUT2D eigenvalue weighted by molar-refractivity contribution is 6.32. The molecule has 6 rings (SSSR count). The van der Waals surface area contributed by atoms with Crippen LogP contribution < -0.4 is 9.47 Å². The van der Waals surface area contributed by atoms with E-state index in [1.54, 1.807) is 24.3 Å². The van der Waals surface area contributed by atoms with Crippen LogP contribution in [0.4, 0.5) is 0 Å². The number of imidazole rings is 2. The molecule has 0 aliphatic carbocycles. The molecule has 3 heterocycles. The minimum Gasteiger partial charge on any atom is -0.488 e. The molecule has 1 fully saturated rings. The summed E-state index contributed by atoms with van der Waals surface area (Å²) >= 11 is 10.8. The summed E-state index contributed by atoms with van der Waals surface area (Å²) in [5.41, 5.74) is 3.85. The predicted octanol–water partition coefficient (Wildman–Crippen LogP) is 6.35. The summed E-state index contributed by atoms with van der Waals surface area (Å²) in [5, 5.41) is 10.1. The molecule has 1 aliphatic heterocycles. The first-order valence-corrected chi connectivity index (χ1v) is 15.0. The number of carboxylic acids is 1. The molecule has 43 heavy (non-hydrogen) atoms. The van der Waals surface area contributed by atoms with Crippen LogP contribution in [0.15, 0.2) is 79.3 Å². The van der Waals surface area contributed by atoms with Crippen LogP contribution >= 0.6 is 23.2 Å². The summed E-state index contributed by atoms with van der Waals surface area (Å²) in [5.74, 6) is 1.38. The van der Waals surface area contributed by atoms with E-state index in [4.69, 9.17) is 26.1 Å². The summed E-state index contributed by atoms with van der Waals surface area (Å²) in [6.07, 6.45) is 5.20. The van der Waals surface area contributed by atoms with Gasteiger partial charge in [0.2, 0.25) is 0 Å². The lowest BCUT2D eigenvalue weighted by Crippen LogP contribution is -2.53. The maximum Gasteiger partial charge on any atom is 0.335 e. The van der Waals surface area contributed by atoms with Crippen molar-refractivity contribution in [2.45, 2.75) is 39.3 Å². The van der Waals surface area contributed by atoms with Crippen molar-refractivity contribution in [1.29, 1.82) is 0 Å². The number of halogens is 2. The Morgan fingerprint density at radius 2 is 1.86 bits per heavy atom. The molecule has 1 saturated heterocycles. The Morgan fingerprint density at radius 1 is 1.05 bits per heavy atom. The van der Waals surface area contributed by atoms with Crippen LogP contribution in [0.5, 0.6) is 11.5 Å². The van der Waals surface area contributed by atoms with Gasteiger partial charge in [0.25, 0.3) is 0 Å². The van der Waals surface area contributed by atoms with E-state index in [-0.39, 0.29) is 11.7 Å². The Kier molecular flexibility index (Phi) is 9.86. The second-order valence-corrected chi connectivity index (χ2v) is 10.5. The largest absolute Gasteiger partial charge is 0.488 e. The van der Waals surface area contributed by atoms with Crippen LogP contribution in [0.1, 0.15) is 34.4 Å². The molecular formula is C32H33Cl2N5O4. The molecule has 0 bridgehead atoms. The molecule has 0 unspecified atom stereocenters. The summed E-state index contributed by atoms with van der Waals surface area (Å²) in [4.78, 5) is 23.1. The van der Waals surface area contributed by atoms with Crippen molar-refractivity contribution >= 4 is 40.2 Å². The van der Waals surface area contributed by atoms with Gasteiger partial charge in [0, 0.05) is 32.2 Å². The Morgan fingerprint density at radius 3 is 2.63 bits per heavy atom. The zero-order valence-electron chi connectivity index (χ0n) is 24.0. The van der Waals surface area contributed by atoms with Gasteiger partial charge in [0.05, 0.1) is 46.7 Å². The first kappa shape index (κ1) is 30.4. The monoisotopic (exact) mass is 621 g/mol. The van der Waals surface area contributed by atoms with Gasteiger partial charge in [0.15, 0.2) is 0 Å². The first-order chi connectivity index (χ1) is 21.0. The molecule has 1 N–H and O–H groups in total. The molecule has 0 amide bonds. The number of nitrogens with zero attached hydrogens (tertiary/aromatic N) is 5. The first-order valence-electron chi connectivity index (χ1n) is 13.9. The van der Waals surface area contributed by atoms with E-state index in [1.165, 1.54) is 6.38 Å². The third-order valence-corrected chi connectivity index (χ3v) is 7.57. The van der Waals surface area contributed by atoms with E-state index >= 15 is 0 Å². The zero-order chi connectivity index (χ0) is 30.3. The van der Waals surface area contributed by atoms with Gasteiger partial charge < -0.3 is 23.7 Å². The molecule has 1 aliphatic rings. The lowest BCUT2D eigenvalue weighted by Gasteiger charge is -2.38. The molecule has 224 valence electrons. The van der Waals surface area contributed by atoms with E-state index in [2.05, 4.69) is 37.5 Å². The number of carboxylic acid groups (broad SMARTS) is 1. The quantitative estimate of drug-likeness (QED) is 0.172. The summed E-state index contributed by atoms with van der Waals surface area (Å²) in [7, 11) is 0. The van der Waals surface area contributed by atoms with Crippen molar-refractivity contribution in [3.05, 3.63) is 107 Å². The third-order valence-electron chi connectivity index (χ3n) is 7.25. The molecule has 3 aromatic carbocycles. The van der Waals surface area contributed by atoms with E-state index in [0.717, 1.165) is 53.5 Å². The highest BCUT2D eigenvalue weighted by Gasteiger charge is 2.30. The number of aromatic nitrogens is 4. The van der Waals surface area contributed by atoms with Gasteiger partial charge >= 0.3 is 5.97 Å². The topological polar surface area (TPSA) is 94.6 Å². The number of alkyl halides is 1. The second-order valence-electron chi connectivity index (χ2n) is 10.1. The number of hydrogen-bond acceptors (Lipinski definition) is 6. The second kappa shape index (κ2) is 13.9. The van der Waals surface area contributed by atoms with E-state index in [1.807, 2.05) is 55.0 Å². The lowest BCUT2D eigenvalue weighted by molar-refractivity contribution is 0.0124. The average Bonchev–Trinajstić information content (AvgIpc) is 3.60. The van der Waals surface area contributed by atoms with Crippen molar-refractivity contribution in [3.8, 4) is 11.5 Å².